The standard InChI is InChI=1S/C17H21N3O4S2/c1-13-6-7-14(20(21)22)11-17(13)26(23,24)18-12-15(16-5-4-10-25-16)19-8-2-3-9-19/h4-7,10-11,15,18H,2-3,8-9,12H2,1H3. The van der Waals surface area contributed by atoms with Gasteiger partial charge in [0.05, 0.1) is 15.9 Å². The van der Waals surface area contributed by atoms with Crippen molar-refractivity contribution in [1.82, 2.24) is 9.62 Å². The van der Waals surface area contributed by atoms with Crippen molar-refractivity contribution in [2.24, 2.45) is 0 Å². The highest BCUT2D eigenvalue weighted by Crippen LogP contribution is 2.29. The average Bonchev–Trinajstić information content (AvgIpc) is 3.29. The summed E-state index contributed by atoms with van der Waals surface area (Å²) in [6.45, 7) is 3.76. The number of hydrogen-bond acceptors (Lipinski definition) is 6. The van der Waals surface area contributed by atoms with E-state index in [2.05, 4.69) is 9.62 Å². The van der Waals surface area contributed by atoms with Gasteiger partial charge in [0.2, 0.25) is 10.0 Å². The maximum Gasteiger partial charge on any atom is 0.270 e. The first-order valence-electron chi connectivity index (χ1n) is 8.40. The van der Waals surface area contributed by atoms with E-state index in [1.807, 2.05) is 17.5 Å². The molecule has 0 aliphatic carbocycles. The van der Waals surface area contributed by atoms with Crippen molar-refractivity contribution in [3.63, 3.8) is 0 Å². The molecule has 1 saturated heterocycles. The van der Waals surface area contributed by atoms with Gasteiger partial charge in [-0.15, -0.1) is 11.3 Å². The van der Waals surface area contributed by atoms with Gasteiger partial charge in [-0.2, -0.15) is 0 Å². The molecule has 1 atom stereocenters. The van der Waals surface area contributed by atoms with E-state index in [0.717, 1.165) is 36.9 Å². The molecule has 0 saturated carbocycles. The van der Waals surface area contributed by atoms with E-state index in [1.54, 1.807) is 18.3 Å². The van der Waals surface area contributed by atoms with Crippen LogP contribution in [0.3, 0.4) is 0 Å². The number of nitro benzene ring substituents is 1. The summed E-state index contributed by atoms with van der Waals surface area (Å²) >= 11 is 1.61. The molecular formula is C17H21N3O4S2. The van der Waals surface area contributed by atoms with Crippen LogP contribution in [-0.4, -0.2) is 37.9 Å². The van der Waals surface area contributed by atoms with Crippen LogP contribution in [0.15, 0.2) is 40.6 Å². The second-order valence-electron chi connectivity index (χ2n) is 6.33. The predicted molar refractivity (Wildman–Crippen MR) is 101 cm³/mol. The Morgan fingerprint density at radius 1 is 1.31 bits per heavy atom. The Balaban J connectivity index is 1.82. The van der Waals surface area contributed by atoms with E-state index in [4.69, 9.17) is 0 Å². The zero-order valence-corrected chi connectivity index (χ0v) is 16.1. The summed E-state index contributed by atoms with van der Waals surface area (Å²) in [5.74, 6) is 0. The number of nitrogens with zero attached hydrogens (tertiary/aromatic N) is 2. The highest BCUT2D eigenvalue weighted by molar-refractivity contribution is 7.89. The van der Waals surface area contributed by atoms with E-state index in [9.17, 15) is 18.5 Å². The number of rotatable bonds is 7. The second-order valence-corrected chi connectivity index (χ2v) is 9.05. The first-order valence-corrected chi connectivity index (χ1v) is 10.8. The molecule has 140 valence electrons. The average molecular weight is 396 g/mol. The molecule has 9 heteroatoms. The number of nitrogens with one attached hydrogen (secondary N) is 1. The van der Waals surface area contributed by atoms with Gasteiger partial charge in [0.25, 0.3) is 5.69 Å². The van der Waals surface area contributed by atoms with Gasteiger partial charge in [0.15, 0.2) is 0 Å². The summed E-state index contributed by atoms with van der Waals surface area (Å²) in [5, 5.41) is 13.0. The Morgan fingerprint density at radius 2 is 2.04 bits per heavy atom. The Hall–Kier alpha value is -1.81. The molecule has 0 spiro atoms. The van der Waals surface area contributed by atoms with Crippen molar-refractivity contribution >= 4 is 27.0 Å². The van der Waals surface area contributed by atoms with Crippen molar-refractivity contribution in [3.8, 4) is 0 Å². The lowest BCUT2D eigenvalue weighted by Gasteiger charge is -2.27. The number of thiophene rings is 1. The van der Waals surface area contributed by atoms with Gasteiger partial charge in [0, 0.05) is 23.6 Å². The van der Waals surface area contributed by atoms with Gasteiger partial charge in [-0.3, -0.25) is 15.0 Å². The minimum Gasteiger partial charge on any atom is -0.294 e. The molecule has 7 nitrogen and oxygen atoms in total. The third kappa shape index (κ3) is 4.12. The van der Waals surface area contributed by atoms with Crippen LogP contribution in [0.2, 0.25) is 0 Å². The summed E-state index contributed by atoms with van der Waals surface area (Å²) in [7, 11) is -3.84. The number of sulfonamides is 1. The van der Waals surface area contributed by atoms with Crippen molar-refractivity contribution in [2.75, 3.05) is 19.6 Å². The largest absolute Gasteiger partial charge is 0.294 e. The van der Waals surface area contributed by atoms with Crippen molar-refractivity contribution in [3.05, 3.63) is 56.3 Å². The summed E-state index contributed by atoms with van der Waals surface area (Å²) in [5.41, 5.74) is 0.252. The summed E-state index contributed by atoms with van der Waals surface area (Å²) in [4.78, 5) is 13.7. The fourth-order valence-corrected chi connectivity index (χ4v) is 5.36. The molecule has 1 aliphatic heterocycles. The number of likely N-dealkylation sites (tertiary alicyclic amines) is 1. The van der Waals surface area contributed by atoms with Crippen molar-refractivity contribution in [2.45, 2.75) is 30.7 Å². The van der Waals surface area contributed by atoms with E-state index < -0.39 is 14.9 Å². The summed E-state index contributed by atoms with van der Waals surface area (Å²) in [6.07, 6.45) is 2.22. The molecule has 0 radical (unpaired) electrons. The molecule has 2 aromatic rings. The van der Waals surface area contributed by atoms with Crippen LogP contribution in [-0.2, 0) is 10.0 Å². The van der Waals surface area contributed by atoms with Crippen molar-refractivity contribution in [1.29, 1.82) is 0 Å². The smallest absolute Gasteiger partial charge is 0.270 e. The predicted octanol–water partition coefficient (Wildman–Crippen LogP) is 3.08. The molecule has 1 fully saturated rings. The Kier molecular flexibility index (Phi) is 5.71. The highest BCUT2D eigenvalue weighted by Gasteiger charge is 2.27. The molecule has 2 heterocycles. The molecule has 3 rings (SSSR count). The molecule has 26 heavy (non-hydrogen) atoms. The van der Waals surface area contributed by atoms with Gasteiger partial charge in [-0.05, 0) is 49.9 Å². The second kappa shape index (κ2) is 7.83. The van der Waals surface area contributed by atoms with Gasteiger partial charge in [0.1, 0.15) is 0 Å². The molecule has 0 amide bonds. The number of hydrogen-bond donors (Lipinski definition) is 1. The van der Waals surface area contributed by atoms with Gasteiger partial charge >= 0.3 is 0 Å². The molecule has 1 aromatic heterocycles. The van der Waals surface area contributed by atoms with Gasteiger partial charge in [-0.1, -0.05) is 12.1 Å². The van der Waals surface area contributed by atoms with Crippen LogP contribution >= 0.6 is 11.3 Å². The zero-order chi connectivity index (χ0) is 18.7. The fraction of sp³-hybridized carbons (Fsp3) is 0.412. The van der Waals surface area contributed by atoms with Crippen LogP contribution in [0.5, 0.6) is 0 Å². The number of benzene rings is 1. The summed E-state index contributed by atoms with van der Waals surface area (Å²) in [6, 6.07) is 7.85. The SMILES string of the molecule is Cc1ccc([N+](=O)[O-])cc1S(=O)(=O)NCC(c1cccs1)N1CCCC1. The van der Waals surface area contributed by atoms with Gasteiger partial charge in [-0.25, -0.2) is 13.1 Å². The lowest BCUT2D eigenvalue weighted by atomic mass is 10.2. The third-order valence-electron chi connectivity index (χ3n) is 4.59. The molecule has 1 N–H and O–H groups in total. The van der Waals surface area contributed by atoms with E-state index in [0.29, 0.717) is 5.56 Å². The molecule has 1 unspecified atom stereocenters. The lowest BCUT2D eigenvalue weighted by molar-refractivity contribution is -0.385. The van der Waals surface area contributed by atoms with Crippen LogP contribution in [0.4, 0.5) is 5.69 Å². The monoisotopic (exact) mass is 395 g/mol. The Labute approximate surface area is 156 Å². The Bertz CT molecular complexity index is 875. The van der Waals surface area contributed by atoms with E-state index in [1.165, 1.54) is 12.1 Å². The van der Waals surface area contributed by atoms with Crippen LogP contribution < -0.4 is 4.72 Å². The highest BCUT2D eigenvalue weighted by atomic mass is 32.2. The van der Waals surface area contributed by atoms with Crippen molar-refractivity contribution < 1.29 is 13.3 Å². The first-order chi connectivity index (χ1) is 12.4. The fourth-order valence-electron chi connectivity index (χ4n) is 3.20. The number of nitro groups is 1. The Morgan fingerprint density at radius 3 is 2.65 bits per heavy atom. The quantitative estimate of drug-likeness (QED) is 0.574. The number of aryl methyl sites for hydroxylation is 1. The topological polar surface area (TPSA) is 92.5 Å². The minimum absolute atomic E-state index is 0.0220. The maximum atomic E-state index is 12.8. The lowest BCUT2D eigenvalue weighted by Crippen LogP contribution is -2.36. The normalized spacial score (nSPS) is 16.7. The minimum atomic E-state index is -3.84. The zero-order valence-electron chi connectivity index (χ0n) is 14.4. The van der Waals surface area contributed by atoms with Crippen LogP contribution in [0.25, 0.3) is 0 Å². The van der Waals surface area contributed by atoms with Crippen LogP contribution in [0, 0.1) is 17.0 Å². The maximum absolute atomic E-state index is 12.8. The van der Waals surface area contributed by atoms with Crippen LogP contribution in [0.1, 0.15) is 29.3 Å². The summed E-state index contributed by atoms with van der Waals surface area (Å²) < 4.78 is 28.2. The first kappa shape index (κ1) is 19.0. The molecular weight excluding hydrogens is 374 g/mol. The molecule has 0 bridgehead atoms. The number of non-ortho nitro benzene ring substituents is 1. The van der Waals surface area contributed by atoms with E-state index in [-0.39, 0.29) is 23.2 Å². The van der Waals surface area contributed by atoms with Gasteiger partial charge < -0.3 is 0 Å². The molecule has 1 aliphatic rings. The molecule has 1 aromatic carbocycles. The van der Waals surface area contributed by atoms with E-state index >= 15 is 0 Å². The third-order valence-corrected chi connectivity index (χ3v) is 7.13.